The van der Waals surface area contributed by atoms with Gasteiger partial charge in [-0.2, -0.15) is 0 Å². The topological polar surface area (TPSA) is 55.0 Å². The van der Waals surface area contributed by atoms with Gasteiger partial charge in [0.1, 0.15) is 11.6 Å². The van der Waals surface area contributed by atoms with Gasteiger partial charge in [-0.1, -0.05) is 0 Å². The van der Waals surface area contributed by atoms with Crippen molar-refractivity contribution in [2.45, 2.75) is 18.8 Å². The van der Waals surface area contributed by atoms with E-state index in [1.807, 2.05) is 18.2 Å². The molecule has 0 saturated heterocycles. The number of halogens is 2. The van der Waals surface area contributed by atoms with Crippen molar-refractivity contribution in [2.75, 3.05) is 7.11 Å². The van der Waals surface area contributed by atoms with Gasteiger partial charge in [0.2, 0.25) is 0 Å². The van der Waals surface area contributed by atoms with Crippen LogP contribution < -0.4 is 10.3 Å². The number of nitrogens with one attached hydrogen (secondary N) is 1. The highest BCUT2D eigenvalue weighted by Gasteiger charge is 2.29. The second-order valence-corrected chi connectivity index (χ2v) is 6.67. The van der Waals surface area contributed by atoms with Crippen molar-refractivity contribution in [1.82, 2.24) is 9.97 Å². The van der Waals surface area contributed by atoms with Crippen LogP contribution in [0.2, 0.25) is 0 Å². The maximum absolute atomic E-state index is 12.0. The van der Waals surface area contributed by atoms with Gasteiger partial charge in [0.15, 0.2) is 0 Å². The third-order valence-electron chi connectivity index (χ3n) is 3.28. The molecule has 0 atom stereocenters. The first kappa shape index (κ1) is 14.1. The molecule has 1 fully saturated rings. The van der Waals surface area contributed by atoms with Crippen LogP contribution in [0.4, 0.5) is 0 Å². The molecule has 4 nitrogen and oxygen atoms in total. The van der Waals surface area contributed by atoms with E-state index in [4.69, 9.17) is 4.74 Å². The number of aromatic amines is 1. The summed E-state index contributed by atoms with van der Waals surface area (Å²) >= 11 is 5.53. The number of methoxy groups -OCH3 is 1. The van der Waals surface area contributed by atoms with E-state index < -0.39 is 0 Å². The van der Waals surface area contributed by atoms with E-state index in [0.29, 0.717) is 15.3 Å². The molecule has 2 aromatic rings. The van der Waals surface area contributed by atoms with Gasteiger partial charge in [-0.15, -0.1) is 0 Å². The Balaban J connectivity index is 2.10. The Morgan fingerprint density at radius 3 is 2.80 bits per heavy atom. The Hall–Kier alpha value is -0.890. The molecule has 0 bridgehead atoms. The summed E-state index contributed by atoms with van der Waals surface area (Å²) in [6, 6.07) is 5.65. The predicted molar refractivity (Wildman–Crippen MR) is 89.2 cm³/mol. The number of ether oxygens (including phenoxy) is 1. The highest BCUT2D eigenvalue weighted by atomic mass is 127. The Labute approximate surface area is 138 Å². The van der Waals surface area contributed by atoms with E-state index in [-0.39, 0.29) is 5.56 Å². The quantitative estimate of drug-likeness (QED) is 0.731. The van der Waals surface area contributed by atoms with Gasteiger partial charge >= 0.3 is 0 Å². The van der Waals surface area contributed by atoms with Gasteiger partial charge in [0.05, 0.1) is 20.8 Å². The number of aromatic nitrogens is 2. The van der Waals surface area contributed by atoms with E-state index in [2.05, 4.69) is 48.5 Å². The number of rotatable bonds is 3. The lowest BCUT2D eigenvalue weighted by atomic mass is 10.2. The third-order valence-corrected chi connectivity index (χ3v) is 4.94. The van der Waals surface area contributed by atoms with Crippen molar-refractivity contribution in [2.24, 2.45) is 0 Å². The number of H-pyrrole nitrogens is 1. The van der Waals surface area contributed by atoms with Crippen molar-refractivity contribution >= 4 is 38.5 Å². The maximum atomic E-state index is 12.0. The molecular formula is C14H12BrIN2O2. The van der Waals surface area contributed by atoms with Crippen LogP contribution in [-0.2, 0) is 0 Å². The molecule has 1 saturated carbocycles. The van der Waals surface area contributed by atoms with Gasteiger partial charge in [-0.05, 0) is 69.6 Å². The average molecular weight is 447 g/mol. The zero-order valence-corrected chi connectivity index (χ0v) is 14.5. The largest absolute Gasteiger partial charge is 0.496 e. The summed E-state index contributed by atoms with van der Waals surface area (Å²) in [7, 11) is 1.62. The minimum Gasteiger partial charge on any atom is -0.496 e. The van der Waals surface area contributed by atoms with E-state index in [1.54, 1.807) is 7.11 Å². The molecule has 0 amide bonds. The van der Waals surface area contributed by atoms with Crippen molar-refractivity contribution in [3.8, 4) is 17.1 Å². The standard InChI is InChI=1S/C14H12BrIN2O2/c1-20-10-5-4-8(6-9(10)15)13-17-12(7-2-3-7)11(16)14(19)18-13/h4-7H,2-3H2,1H3,(H,17,18,19). The summed E-state index contributed by atoms with van der Waals surface area (Å²) in [5, 5.41) is 0. The average Bonchev–Trinajstić information content (AvgIpc) is 3.26. The van der Waals surface area contributed by atoms with Crippen LogP contribution in [0.5, 0.6) is 5.75 Å². The number of nitrogens with zero attached hydrogens (tertiary/aromatic N) is 1. The smallest absolute Gasteiger partial charge is 0.264 e. The normalized spacial score (nSPS) is 14.3. The molecule has 6 heteroatoms. The van der Waals surface area contributed by atoms with Gasteiger partial charge in [0.25, 0.3) is 5.56 Å². The highest BCUT2D eigenvalue weighted by Crippen LogP contribution is 2.40. The zero-order valence-electron chi connectivity index (χ0n) is 10.7. The molecule has 104 valence electrons. The van der Waals surface area contributed by atoms with E-state index >= 15 is 0 Å². The minimum atomic E-state index is -0.0653. The molecule has 0 unspecified atom stereocenters. The molecule has 1 aromatic carbocycles. The summed E-state index contributed by atoms with van der Waals surface area (Å²) in [5.74, 6) is 1.81. The van der Waals surface area contributed by atoms with Crippen LogP contribution in [0, 0.1) is 3.57 Å². The Bertz CT molecular complexity index is 726. The highest BCUT2D eigenvalue weighted by molar-refractivity contribution is 14.1. The second-order valence-electron chi connectivity index (χ2n) is 4.74. The van der Waals surface area contributed by atoms with E-state index in [0.717, 1.165) is 34.3 Å². The van der Waals surface area contributed by atoms with Crippen molar-refractivity contribution in [3.05, 3.63) is 42.3 Å². The minimum absolute atomic E-state index is 0.0653. The number of hydrogen-bond acceptors (Lipinski definition) is 3. The lowest BCUT2D eigenvalue weighted by Crippen LogP contribution is -2.16. The van der Waals surface area contributed by atoms with Crippen molar-refractivity contribution in [3.63, 3.8) is 0 Å². The Kier molecular flexibility index (Phi) is 3.85. The first-order valence-electron chi connectivity index (χ1n) is 6.23. The van der Waals surface area contributed by atoms with Crippen LogP contribution in [0.15, 0.2) is 27.5 Å². The van der Waals surface area contributed by atoms with Gasteiger partial charge in [-0.3, -0.25) is 4.79 Å². The lowest BCUT2D eigenvalue weighted by molar-refractivity contribution is 0.412. The van der Waals surface area contributed by atoms with Crippen molar-refractivity contribution < 1.29 is 4.74 Å². The van der Waals surface area contributed by atoms with Gasteiger partial charge in [0, 0.05) is 11.5 Å². The van der Waals surface area contributed by atoms with Gasteiger partial charge < -0.3 is 9.72 Å². The molecular weight excluding hydrogens is 435 g/mol. The van der Waals surface area contributed by atoms with Crippen LogP contribution in [0.25, 0.3) is 11.4 Å². The number of benzene rings is 1. The molecule has 1 aliphatic carbocycles. The fraction of sp³-hybridized carbons (Fsp3) is 0.286. The molecule has 1 aromatic heterocycles. The molecule has 3 rings (SSSR count). The van der Waals surface area contributed by atoms with Crippen LogP contribution >= 0.6 is 38.5 Å². The maximum Gasteiger partial charge on any atom is 0.264 e. The first-order chi connectivity index (χ1) is 9.60. The summed E-state index contributed by atoms with van der Waals surface area (Å²) in [6.07, 6.45) is 2.25. The predicted octanol–water partition coefficient (Wildman–Crippen LogP) is 3.69. The molecule has 0 aliphatic heterocycles. The molecule has 1 N–H and O–H groups in total. The summed E-state index contributed by atoms with van der Waals surface area (Å²) < 4.78 is 6.76. The molecule has 1 aliphatic rings. The molecule has 0 spiro atoms. The van der Waals surface area contributed by atoms with Crippen LogP contribution in [0.3, 0.4) is 0 Å². The zero-order chi connectivity index (χ0) is 14.3. The fourth-order valence-corrected chi connectivity index (χ4v) is 3.29. The van der Waals surface area contributed by atoms with Crippen molar-refractivity contribution in [1.29, 1.82) is 0 Å². The van der Waals surface area contributed by atoms with E-state index in [1.165, 1.54) is 0 Å². The van der Waals surface area contributed by atoms with Gasteiger partial charge in [-0.25, -0.2) is 4.98 Å². The fourth-order valence-electron chi connectivity index (χ4n) is 2.05. The summed E-state index contributed by atoms with van der Waals surface area (Å²) in [4.78, 5) is 19.5. The Morgan fingerprint density at radius 1 is 1.45 bits per heavy atom. The monoisotopic (exact) mass is 446 g/mol. The van der Waals surface area contributed by atoms with Crippen LogP contribution in [-0.4, -0.2) is 17.1 Å². The summed E-state index contributed by atoms with van der Waals surface area (Å²) in [6.45, 7) is 0. The molecule has 20 heavy (non-hydrogen) atoms. The second kappa shape index (κ2) is 5.48. The van der Waals surface area contributed by atoms with E-state index in [9.17, 15) is 4.79 Å². The summed E-state index contributed by atoms with van der Waals surface area (Å²) in [5.41, 5.74) is 1.73. The molecule has 0 radical (unpaired) electrons. The lowest BCUT2D eigenvalue weighted by Gasteiger charge is -2.08. The number of hydrogen-bond donors (Lipinski definition) is 1. The first-order valence-corrected chi connectivity index (χ1v) is 8.11. The molecule has 1 heterocycles. The third kappa shape index (κ3) is 2.63. The Morgan fingerprint density at radius 2 is 2.20 bits per heavy atom. The van der Waals surface area contributed by atoms with Crippen LogP contribution in [0.1, 0.15) is 24.5 Å². The SMILES string of the molecule is COc1ccc(-c2nc(C3CC3)c(I)c(=O)[nH]2)cc1Br.